The van der Waals surface area contributed by atoms with Gasteiger partial charge in [0.05, 0.1) is 0 Å². The summed E-state index contributed by atoms with van der Waals surface area (Å²) in [4.78, 5) is 5.17. The van der Waals surface area contributed by atoms with Crippen molar-refractivity contribution in [3.05, 3.63) is 0 Å². The van der Waals surface area contributed by atoms with Gasteiger partial charge in [0.2, 0.25) is 0 Å². The van der Waals surface area contributed by atoms with Crippen molar-refractivity contribution in [1.29, 1.82) is 0 Å². The first-order valence-corrected chi connectivity index (χ1v) is 6.39. The Morgan fingerprint density at radius 1 is 1.33 bits per heavy atom. The van der Waals surface area contributed by atoms with Crippen molar-refractivity contribution in [1.82, 2.24) is 15.1 Å². The van der Waals surface area contributed by atoms with Crippen LogP contribution in [-0.4, -0.2) is 62.2 Å². The minimum atomic E-state index is 0.734. The Morgan fingerprint density at radius 3 is 2.93 bits per heavy atom. The maximum atomic E-state index is 3.46. The van der Waals surface area contributed by atoms with Crippen LogP contribution in [0.2, 0.25) is 0 Å². The molecule has 0 aromatic carbocycles. The van der Waals surface area contributed by atoms with Crippen LogP contribution in [0, 0.1) is 5.92 Å². The third-order valence-electron chi connectivity index (χ3n) is 3.84. The molecule has 0 spiro atoms. The number of likely N-dealkylation sites (N-methyl/N-ethyl adjacent to an activating group) is 1. The van der Waals surface area contributed by atoms with Gasteiger partial charge in [-0.3, -0.25) is 4.90 Å². The summed E-state index contributed by atoms with van der Waals surface area (Å²) in [6, 6.07) is 0.734. The van der Waals surface area contributed by atoms with E-state index < -0.39 is 0 Å². The van der Waals surface area contributed by atoms with E-state index in [0.29, 0.717) is 0 Å². The standard InChI is InChI=1S/C12H25N3/c1-11-9-14(2)6-3-7-15(11)10-12-4-5-13-8-12/h11-13H,3-10H2,1-2H3. The molecule has 3 heteroatoms. The Balaban J connectivity index is 1.83. The highest BCUT2D eigenvalue weighted by Crippen LogP contribution is 2.15. The van der Waals surface area contributed by atoms with Crippen LogP contribution in [0.4, 0.5) is 0 Å². The summed E-state index contributed by atoms with van der Waals surface area (Å²) in [6.45, 7) is 9.95. The molecule has 2 atom stereocenters. The molecule has 0 saturated carbocycles. The van der Waals surface area contributed by atoms with E-state index in [4.69, 9.17) is 0 Å². The fourth-order valence-corrected chi connectivity index (χ4v) is 2.90. The van der Waals surface area contributed by atoms with Gasteiger partial charge in [0.1, 0.15) is 0 Å². The molecule has 2 saturated heterocycles. The van der Waals surface area contributed by atoms with Crippen molar-refractivity contribution in [2.45, 2.75) is 25.8 Å². The fraction of sp³-hybridized carbons (Fsp3) is 1.00. The van der Waals surface area contributed by atoms with Gasteiger partial charge in [-0.15, -0.1) is 0 Å². The summed E-state index contributed by atoms with van der Waals surface area (Å²) < 4.78 is 0. The van der Waals surface area contributed by atoms with Crippen LogP contribution in [0.5, 0.6) is 0 Å². The van der Waals surface area contributed by atoms with E-state index in [1.807, 2.05) is 0 Å². The fourth-order valence-electron chi connectivity index (χ4n) is 2.90. The van der Waals surface area contributed by atoms with Crippen LogP contribution in [0.25, 0.3) is 0 Å². The van der Waals surface area contributed by atoms with E-state index in [2.05, 4.69) is 29.1 Å². The lowest BCUT2D eigenvalue weighted by atomic mass is 10.1. The highest BCUT2D eigenvalue weighted by Gasteiger charge is 2.23. The molecule has 0 aliphatic carbocycles. The molecule has 2 aliphatic rings. The molecule has 88 valence electrons. The van der Waals surface area contributed by atoms with E-state index in [1.165, 1.54) is 52.1 Å². The maximum absolute atomic E-state index is 3.46. The molecule has 2 fully saturated rings. The SMILES string of the molecule is CC1CN(C)CCCN1CC1CCNC1. The van der Waals surface area contributed by atoms with Crippen LogP contribution in [0.15, 0.2) is 0 Å². The molecule has 0 radical (unpaired) electrons. The van der Waals surface area contributed by atoms with Crippen molar-refractivity contribution in [3.8, 4) is 0 Å². The summed E-state index contributed by atoms with van der Waals surface area (Å²) in [7, 11) is 2.25. The van der Waals surface area contributed by atoms with Crippen molar-refractivity contribution in [3.63, 3.8) is 0 Å². The zero-order valence-electron chi connectivity index (χ0n) is 10.2. The second-order valence-electron chi connectivity index (χ2n) is 5.32. The van der Waals surface area contributed by atoms with Crippen LogP contribution in [0.3, 0.4) is 0 Å². The Morgan fingerprint density at radius 2 is 2.20 bits per heavy atom. The van der Waals surface area contributed by atoms with Crippen LogP contribution in [0.1, 0.15) is 19.8 Å². The maximum Gasteiger partial charge on any atom is 0.0194 e. The Labute approximate surface area is 93.8 Å². The van der Waals surface area contributed by atoms with Gasteiger partial charge < -0.3 is 10.2 Å². The summed E-state index contributed by atoms with van der Waals surface area (Å²) in [5.41, 5.74) is 0. The largest absolute Gasteiger partial charge is 0.316 e. The van der Waals surface area contributed by atoms with E-state index in [-0.39, 0.29) is 0 Å². The van der Waals surface area contributed by atoms with Crippen LogP contribution < -0.4 is 5.32 Å². The molecule has 0 aromatic heterocycles. The quantitative estimate of drug-likeness (QED) is 0.722. The van der Waals surface area contributed by atoms with Gasteiger partial charge in [-0.1, -0.05) is 0 Å². The average molecular weight is 211 g/mol. The summed E-state index contributed by atoms with van der Waals surface area (Å²) >= 11 is 0. The van der Waals surface area contributed by atoms with Gasteiger partial charge in [-0.05, 0) is 58.9 Å². The first kappa shape index (κ1) is 11.4. The number of hydrogen-bond acceptors (Lipinski definition) is 3. The van der Waals surface area contributed by atoms with E-state index in [1.54, 1.807) is 0 Å². The van der Waals surface area contributed by atoms with Gasteiger partial charge in [0.25, 0.3) is 0 Å². The summed E-state index contributed by atoms with van der Waals surface area (Å²) in [6.07, 6.45) is 2.71. The summed E-state index contributed by atoms with van der Waals surface area (Å²) in [5.74, 6) is 0.899. The van der Waals surface area contributed by atoms with Gasteiger partial charge >= 0.3 is 0 Å². The molecule has 1 N–H and O–H groups in total. The van der Waals surface area contributed by atoms with E-state index >= 15 is 0 Å². The van der Waals surface area contributed by atoms with Crippen LogP contribution >= 0.6 is 0 Å². The predicted octanol–water partition coefficient (Wildman–Crippen LogP) is 0.622. The first-order chi connectivity index (χ1) is 7.25. The number of hydrogen-bond donors (Lipinski definition) is 1. The molecular formula is C12H25N3. The molecular weight excluding hydrogens is 186 g/mol. The monoisotopic (exact) mass is 211 g/mol. The third-order valence-corrected chi connectivity index (χ3v) is 3.84. The second kappa shape index (κ2) is 5.28. The predicted molar refractivity (Wildman–Crippen MR) is 64.1 cm³/mol. The Bertz CT molecular complexity index is 189. The highest BCUT2D eigenvalue weighted by molar-refractivity contribution is 4.80. The van der Waals surface area contributed by atoms with Gasteiger partial charge in [-0.25, -0.2) is 0 Å². The van der Waals surface area contributed by atoms with Crippen molar-refractivity contribution in [2.75, 3.05) is 46.3 Å². The highest BCUT2D eigenvalue weighted by atomic mass is 15.2. The minimum absolute atomic E-state index is 0.734. The molecule has 2 unspecified atom stereocenters. The smallest absolute Gasteiger partial charge is 0.0194 e. The topological polar surface area (TPSA) is 18.5 Å². The lowest BCUT2D eigenvalue weighted by molar-refractivity contribution is 0.178. The normalized spacial score (nSPS) is 35.6. The molecule has 15 heavy (non-hydrogen) atoms. The summed E-state index contributed by atoms with van der Waals surface area (Å²) in [5, 5.41) is 3.46. The molecule has 2 rings (SSSR count). The molecule has 0 amide bonds. The average Bonchev–Trinajstić information content (AvgIpc) is 2.63. The van der Waals surface area contributed by atoms with E-state index in [9.17, 15) is 0 Å². The van der Waals surface area contributed by atoms with Gasteiger partial charge in [-0.2, -0.15) is 0 Å². The van der Waals surface area contributed by atoms with E-state index in [0.717, 1.165) is 12.0 Å². The van der Waals surface area contributed by atoms with Gasteiger partial charge in [0, 0.05) is 19.1 Å². The molecule has 3 nitrogen and oxygen atoms in total. The van der Waals surface area contributed by atoms with Crippen LogP contribution in [-0.2, 0) is 0 Å². The Kier molecular flexibility index (Phi) is 4.00. The lowest BCUT2D eigenvalue weighted by Crippen LogP contribution is -2.41. The van der Waals surface area contributed by atoms with Crippen molar-refractivity contribution in [2.24, 2.45) is 5.92 Å². The number of rotatable bonds is 2. The zero-order chi connectivity index (χ0) is 10.7. The molecule has 0 aromatic rings. The van der Waals surface area contributed by atoms with Crippen molar-refractivity contribution >= 4 is 0 Å². The number of nitrogens with one attached hydrogen (secondary N) is 1. The third kappa shape index (κ3) is 3.16. The van der Waals surface area contributed by atoms with Crippen molar-refractivity contribution < 1.29 is 0 Å². The lowest BCUT2D eigenvalue weighted by Gasteiger charge is -2.29. The molecule has 2 aliphatic heterocycles. The van der Waals surface area contributed by atoms with Gasteiger partial charge in [0.15, 0.2) is 0 Å². The minimum Gasteiger partial charge on any atom is -0.316 e. The number of nitrogens with zero attached hydrogens (tertiary/aromatic N) is 2. The first-order valence-electron chi connectivity index (χ1n) is 6.39. The zero-order valence-corrected chi connectivity index (χ0v) is 10.2. The Hall–Kier alpha value is -0.120. The second-order valence-corrected chi connectivity index (χ2v) is 5.32. The molecule has 0 bridgehead atoms. The molecule has 2 heterocycles.